The van der Waals surface area contributed by atoms with Gasteiger partial charge in [-0.05, 0) is 17.7 Å². The Bertz CT molecular complexity index is 873. The van der Waals surface area contributed by atoms with Crippen molar-refractivity contribution in [3.8, 4) is 0 Å². The molecule has 10 heteroatoms. The van der Waals surface area contributed by atoms with Crippen LogP contribution in [0.15, 0.2) is 53.1 Å². The minimum Gasteiger partial charge on any atom is -0.475 e. The van der Waals surface area contributed by atoms with Gasteiger partial charge in [0.05, 0.1) is 19.5 Å². The Morgan fingerprint density at radius 1 is 1.19 bits per heavy atom. The minimum atomic E-state index is -5.08. The molecule has 2 aromatic rings. The number of halogens is 3. The number of nitrogens with one attached hydrogen (secondary N) is 1. The molecular formula is C21H23F3N2O5. The van der Waals surface area contributed by atoms with E-state index in [1.807, 2.05) is 6.07 Å². The van der Waals surface area contributed by atoms with Gasteiger partial charge in [0.1, 0.15) is 0 Å². The lowest BCUT2D eigenvalue weighted by molar-refractivity contribution is -0.192. The molecule has 0 radical (unpaired) electrons. The molecular weight excluding hydrogens is 417 g/mol. The maximum absolute atomic E-state index is 12.2. The van der Waals surface area contributed by atoms with Gasteiger partial charge in [-0.3, -0.25) is 9.69 Å². The first kappa shape index (κ1) is 22.8. The Hall–Kier alpha value is -2.85. The summed E-state index contributed by atoms with van der Waals surface area (Å²) in [5.41, 5.74) is 1.34. The molecule has 2 aliphatic rings. The van der Waals surface area contributed by atoms with Crippen LogP contribution in [0.3, 0.4) is 0 Å². The number of carboxylic acid groups (broad SMARTS) is 1. The second-order valence-corrected chi connectivity index (χ2v) is 7.69. The average molecular weight is 440 g/mol. The number of carboxylic acids is 1. The fourth-order valence-corrected chi connectivity index (χ4v) is 3.91. The molecule has 2 saturated heterocycles. The number of carbonyl (C=O) groups excluding carboxylic acids is 1. The van der Waals surface area contributed by atoms with Gasteiger partial charge in [0.15, 0.2) is 5.76 Å². The van der Waals surface area contributed by atoms with Crippen molar-refractivity contribution in [3.05, 3.63) is 60.1 Å². The highest BCUT2D eigenvalue weighted by Gasteiger charge is 2.50. The van der Waals surface area contributed by atoms with E-state index in [1.165, 1.54) is 11.8 Å². The number of furan rings is 1. The third kappa shape index (κ3) is 5.86. The van der Waals surface area contributed by atoms with Crippen LogP contribution in [0.2, 0.25) is 0 Å². The molecule has 0 saturated carbocycles. The summed E-state index contributed by atoms with van der Waals surface area (Å²) in [6, 6.07) is 13.9. The van der Waals surface area contributed by atoms with Crippen molar-refractivity contribution in [2.24, 2.45) is 11.3 Å². The van der Waals surface area contributed by atoms with Gasteiger partial charge in [-0.15, -0.1) is 0 Å². The predicted molar refractivity (Wildman–Crippen MR) is 103 cm³/mol. The van der Waals surface area contributed by atoms with Crippen molar-refractivity contribution in [1.29, 1.82) is 0 Å². The van der Waals surface area contributed by atoms with Gasteiger partial charge in [0, 0.05) is 37.5 Å². The van der Waals surface area contributed by atoms with Crippen LogP contribution in [0.4, 0.5) is 13.2 Å². The molecule has 168 valence electrons. The highest BCUT2D eigenvalue weighted by Crippen LogP contribution is 2.41. The van der Waals surface area contributed by atoms with E-state index in [1.54, 1.807) is 12.1 Å². The molecule has 1 aromatic heterocycles. The standard InChI is InChI=1S/C19H22N2O3.C2HF3O2/c22-18(17-7-4-8-24-17)20-12-19-13-21(10-16(19)11-23-14-19)9-15-5-2-1-3-6-15;3-2(4,5)1(6)7/h1-8,16H,9-14H2,(H,20,22);(H,6,7)/t16-,19+;/m1./s1. The van der Waals surface area contributed by atoms with Gasteiger partial charge in [0.2, 0.25) is 0 Å². The molecule has 2 N–H and O–H groups in total. The molecule has 1 aromatic carbocycles. The molecule has 2 atom stereocenters. The smallest absolute Gasteiger partial charge is 0.475 e. The van der Waals surface area contributed by atoms with E-state index in [-0.39, 0.29) is 11.3 Å². The maximum atomic E-state index is 12.2. The average Bonchev–Trinajstić information content (AvgIpc) is 3.43. The fraction of sp³-hybridized carbons (Fsp3) is 0.429. The zero-order chi connectivity index (χ0) is 22.5. The van der Waals surface area contributed by atoms with Crippen molar-refractivity contribution >= 4 is 11.9 Å². The Morgan fingerprint density at radius 2 is 1.90 bits per heavy atom. The van der Waals surface area contributed by atoms with Gasteiger partial charge in [-0.1, -0.05) is 30.3 Å². The van der Waals surface area contributed by atoms with Crippen molar-refractivity contribution in [3.63, 3.8) is 0 Å². The summed E-state index contributed by atoms with van der Waals surface area (Å²) >= 11 is 0. The Morgan fingerprint density at radius 3 is 2.52 bits per heavy atom. The number of rotatable bonds is 5. The topological polar surface area (TPSA) is 92.0 Å². The second-order valence-electron chi connectivity index (χ2n) is 7.69. The second kappa shape index (κ2) is 9.52. The Balaban J connectivity index is 0.000000339. The zero-order valence-electron chi connectivity index (χ0n) is 16.6. The third-order valence-electron chi connectivity index (χ3n) is 5.43. The van der Waals surface area contributed by atoms with E-state index in [4.69, 9.17) is 19.1 Å². The summed E-state index contributed by atoms with van der Waals surface area (Å²) in [7, 11) is 0. The van der Waals surface area contributed by atoms with Gasteiger partial charge in [-0.25, -0.2) is 4.79 Å². The van der Waals surface area contributed by atoms with Gasteiger partial charge in [-0.2, -0.15) is 13.2 Å². The summed E-state index contributed by atoms with van der Waals surface area (Å²) in [5, 5.41) is 10.2. The van der Waals surface area contributed by atoms with E-state index in [2.05, 4.69) is 34.5 Å². The zero-order valence-corrected chi connectivity index (χ0v) is 16.6. The van der Waals surface area contributed by atoms with E-state index < -0.39 is 12.1 Å². The van der Waals surface area contributed by atoms with E-state index in [9.17, 15) is 18.0 Å². The third-order valence-corrected chi connectivity index (χ3v) is 5.43. The highest BCUT2D eigenvalue weighted by molar-refractivity contribution is 5.91. The maximum Gasteiger partial charge on any atom is 0.490 e. The SMILES string of the molecule is O=C(NC[C@]12COC[C@H]1CN(Cc1ccccc1)C2)c1ccco1.O=C(O)C(F)(F)F. The first-order valence-electron chi connectivity index (χ1n) is 9.65. The van der Waals surface area contributed by atoms with Crippen molar-refractivity contribution in [2.75, 3.05) is 32.8 Å². The van der Waals surface area contributed by atoms with Gasteiger partial charge >= 0.3 is 12.1 Å². The number of ether oxygens (including phenoxy) is 1. The number of carbonyl (C=O) groups is 2. The monoisotopic (exact) mass is 440 g/mol. The molecule has 31 heavy (non-hydrogen) atoms. The van der Waals surface area contributed by atoms with Crippen LogP contribution in [-0.2, 0) is 16.1 Å². The van der Waals surface area contributed by atoms with Crippen LogP contribution in [-0.4, -0.2) is 60.9 Å². The van der Waals surface area contributed by atoms with E-state index in [0.717, 1.165) is 26.2 Å². The number of amides is 1. The lowest BCUT2D eigenvalue weighted by Crippen LogP contribution is -2.43. The number of fused-ring (bicyclic) bond motifs is 1. The van der Waals surface area contributed by atoms with Crippen molar-refractivity contribution < 1.29 is 37.0 Å². The van der Waals surface area contributed by atoms with Gasteiger partial charge in [0.25, 0.3) is 5.91 Å². The van der Waals surface area contributed by atoms with Gasteiger partial charge < -0.3 is 19.6 Å². The molecule has 0 bridgehead atoms. The van der Waals surface area contributed by atoms with Crippen LogP contribution in [0.1, 0.15) is 16.1 Å². The number of hydrogen-bond acceptors (Lipinski definition) is 5. The van der Waals surface area contributed by atoms with Crippen molar-refractivity contribution in [1.82, 2.24) is 10.2 Å². The summed E-state index contributed by atoms with van der Waals surface area (Å²) in [5.74, 6) is -2.08. The molecule has 4 rings (SSSR count). The van der Waals surface area contributed by atoms with Crippen LogP contribution < -0.4 is 5.32 Å². The Labute approximate surface area is 176 Å². The molecule has 0 spiro atoms. The number of likely N-dealkylation sites (tertiary alicyclic amines) is 1. The lowest BCUT2D eigenvalue weighted by Gasteiger charge is -2.27. The van der Waals surface area contributed by atoms with Crippen LogP contribution >= 0.6 is 0 Å². The number of hydrogen-bond donors (Lipinski definition) is 2. The molecule has 0 aliphatic carbocycles. The number of alkyl halides is 3. The predicted octanol–water partition coefficient (Wildman–Crippen LogP) is 2.79. The summed E-state index contributed by atoms with van der Waals surface area (Å²) < 4.78 is 42.6. The summed E-state index contributed by atoms with van der Waals surface area (Å²) in [4.78, 5) is 23.5. The first-order valence-corrected chi connectivity index (χ1v) is 9.65. The van der Waals surface area contributed by atoms with E-state index >= 15 is 0 Å². The normalized spacial score (nSPS) is 23.0. The molecule has 1 amide bonds. The van der Waals surface area contributed by atoms with E-state index in [0.29, 0.717) is 24.8 Å². The molecule has 2 aliphatic heterocycles. The fourth-order valence-electron chi connectivity index (χ4n) is 3.91. The van der Waals surface area contributed by atoms with Crippen LogP contribution in [0.5, 0.6) is 0 Å². The number of aliphatic carboxylic acids is 1. The summed E-state index contributed by atoms with van der Waals surface area (Å²) in [6.45, 7) is 5.04. The number of nitrogens with zero attached hydrogens (tertiary/aromatic N) is 1. The lowest BCUT2D eigenvalue weighted by atomic mass is 9.81. The molecule has 7 nitrogen and oxygen atoms in total. The first-order chi connectivity index (χ1) is 14.7. The Kier molecular flexibility index (Phi) is 7.01. The number of benzene rings is 1. The molecule has 0 unspecified atom stereocenters. The van der Waals surface area contributed by atoms with Crippen LogP contribution in [0.25, 0.3) is 0 Å². The largest absolute Gasteiger partial charge is 0.490 e. The summed E-state index contributed by atoms with van der Waals surface area (Å²) in [6.07, 6.45) is -3.56. The van der Waals surface area contributed by atoms with Crippen LogP contribution in [0, 0.1) is 11.3 Å². The van der Waals surface area contributed by atoms with Crippen molar-refractivity contribution in [2.45, 2.75) is 12.7 Å². The molecule has 3 heterocycles. The molecule has 2 fully saturated rings. The minimum absolute atomic E-state index is 0.0109. The highest BCUT2D eigenvalue weighted by atomic mass is 19.4. The quantitative estimate of drug-likeness (QED) is 0.743.